The van der Waals surface area contributed by atoms with Crippen LogP contribution in [-0.4, -0.2) is 59.0 Å². The molecule has 2 fully saturated rings. The highest BCUT2D eigenvalue weighted by Crippen LogP contribution is 2.38. The molecule has 3 aliphatic heterocycles. The second-order valence-electron chi connectivity index (χ2n) is 6.66. The lowest BCUT2D eigenvalue weighted by Gasteiger charge is -2.24. The van der Waals surface area contributed by atoms with E-state index < -0.39 is 0 Å². The first kappa shape index (κ1) is 16.9. The maximum absolute atomic E-state index is 5.60. The number of nitrogens with one attached hydrogen (secondary N) is 1. The van der Waals surface area contributed by atoms with Crippen molar-refractivity contribution in [3.63, 3.8) is 0 Å². The first-order valence-electron chi connectivity index (χ1n) is 8.24. The van der Waals surface area contributed by atoms with E-state index in [1.807, 2.05) is 7.05 Å². The highest BCUT2D eigenvalue weighted by atomic mass is 127. The third-order valence-corrected chi connectivity index (χ3v) is 5.23. The van der Waals surface area contributed by atoms with Gasteiger partial charge in [-0.3, -0.25) is 4.99 Å². The second kappa shape index (κ2) is 6.92. The summed E-state index contributed by atoms with van der Waals surface area (Å²) in [5.74, 6) is 3.11. The minimum absolute atomic E-state index is 0. The Kier molecular flexibility index (Phi) is 5.10. The van der Waals surface area contributed by atoms with Crippen molar-refractivity contribution in [1.29, 1.82) is 0 Å². The van der Waals surface area contributed by atoms with Gasteiger partial charge in [-0.15, -0.1) is 34.2 Å². The number of aliphatic imine (C=N–C) groups is 1. The van der Waals surface area contributed by atoms with Gasteiger partial charge in [0.25, 0.3) is 0 Å². The molecule has 4 rings (SSSR count). The zero-order valence-corrected chi connectivity index (χ0v) is 16.0. The molecule has 2 saturated heterocycles. The summed E-state index contributed by atoms with van der Waals surface area (Å²) in [6.45, 7) is 5.65. The number of fused-ring (bicyclic) bond motifs is 1. The molecule has 0 amide bonds. The Labute approximate surface area is 153 Å². The number of aryl methyl sites for hydroxylation is 1. The minimum atomic E-state index is 0. The number of hydrogen-bond donors (Lipinski definition) is 1. The SMILES string of the molecule is CN=C(NCc1nnc2n1CCC2)N1CCC2(CCOC2)C1.I. The number of nitrogens with zero attached hydrogens (tertiary/aromatic N) is 5. The Balaban J connectivity index is 0.00000156. The first-order chi connectivity index (χ1) is 10.8. The van der Waals surface area contributed by atoms with Crippen molar-refractivity contribution in [2.75, 3.05) is 33.4 Å². The topological polar surface area (TPSA) is 67.6 Å². The Hall–Kier alpha value is -0.900. The zero-order valence-electron chi connectivity index (χ0n) is 13.6. The maximum atomic E-state index is 5.60. The summed E-state index contributed by atoms with van der Waals surface area (Å²) < 4.78 is 7.84. The summed E-state index contributed by atoms with van der Waals surface area (Å²) in [5, 5.41) is 12.0. The van der Waals surface area contributed by atoms with Crippen LogP contribution < -0.4 is 5.32 Å². The van der Waals surface area contributed by atoms with Gasteiger partial charge in [0.2, 0.25) is 0 Å². The van der Waals surface area contributed by atoms with Crippen LogP contribution >= 0.6 is 24.0 Å². The zero-order chi connectivity index (χ0) is 15.0. The Morgan fingerprint density at radius 2 is 2.26 bits per heavy atom. The average Bonchev–Trinajstić information content (AvgIpc) is 3.28. The van der Waals surface area contributed by atoms with Crippen molar-refractivity contribution >= 4 is 29.9 Å². The molecule has 23 heavy (non-hydrogen) atoms. The fraction of sp³-hybridized carbons (Fsp3) is 0.800. The van der Waals surface area contributed by atoms with Crippen molar-refractivity contribution < 1.29 is 4.74 Å². The smallest absolute Gasteiger partial charge is 0.194 e. The summed E-state index contributed by atoms with van der Waals surface area (Å²) in [5.41, 5.74) is 0.355. The molecular formula is C15H25IN6O. The maximum Gasteiger partial charge on any atom is 0.194 e. The first-order valence-corrected chi connectivity index (χ1v) is 8.24. The van der Waals surface area contributed by atoms with Gasteiger partial charge in [0.15, 0.2) is 11.8 Å². The number of likely N-dealkylation sites (tertiary alicyclic amines) is 1. The van der Waals surface area contributed by atoms with Crippen LogP contribution in [0.5, 0.6) is 0 Å². The van der Waals surface area contributed by atoms with Gasteiger partial charge in [0.1, 0.15) is 5.82 Å². The number of halogens is 1. The summed E-state index contributed by atoms with van der Waals surface area (Å²) in [6, 6.07) is 0. The second-order valence-corrected chi connectivity index (χ2v) is 6.66. The van der Waals surface area contributed by atoms with E-state index in [2.05, 4.69) is 30.0 Å². The molecule has 1 N–H and O–H groups in total. The predicted octanol–water partition coefficient (Wildman–Crippen LogP) is 1.03. The summed E-state index contributed by atoms with van der Waals surface area (Å²) in [4.78, 5) is 6.81. The Bertz CT molecular complexity index is 581. The highest BCUT2D eigenvalue weighted by molar-refractivity contribution is 14.0. The van der Waals surface area contributed by atoms with E-state index in [1.165, 1.54) is 19.3 Å². The number of guanidine groups is 1. The fourth-order valence-electron chi connectivity index (χ4n) is 3.92. The molecule has 7 nitrogen and oxygen atoms in total. The monoisotopic (exact) mass is 432 g/mol. The molecule has 4 heterocycles. The third-order valence-electron chi connectivity index (χ3n) is 5.23. The molecule has 1 aromatic heterocycles. The van der Waals surface area contributed by atoms with Crippen LogP contribution in [0.25, 0.3) is 0 Å². The van der Waals surface area contributed by atoms with E-state index in [1.54, 1.807) is 0 Å². The van der Waals surface area contributed by atoms with Gasteiger partial charge in [-0.25, -0.2) is 0 Å². The van der Waals surface area contributed by atoms with Gasteiger partial charge in [-0.2, -0.15) is 0 Å². The average molecular weight is 432 g/mol. The van der Waals surface area contributed by atoms with E-state index in [0.29, 0.717) is 12.0 Å². The molecule has 1 spiro atoms. The Morgan fingerprint density at radius 1 is 1.35 bits per heavy atom. The van der Waals surface area contributed by atoms with Gasteiger partial charge in [0, 0.05) is 45.1 Å². The largest absolute Gasteiger partial charge is 0.381 e. The van der Waals surface area contributed by atoms with Gasteiger partial charge in [-0.1, -0.05) is 0 Å². The standard InChI is InChI=1S/C15H24N6O.HI/c1-16-14(20-7-4-15(10-20)5-8-22-11-15)17-9-13-19-18-12-3-2-6-21(12)13;/h2-11H2,1H3,(H,16,17);1H. The lowest BCUT2D eigenvalue weighted by Crippen LogP contribution is -2.41. The molecule has 0 radical (unpaired) electrons. The van der Waals surface area contributed by atoms with Crippen LogP contribution in [0.2, 0.25) is 0 Å². The molecule has 0 bridgehead atoms. The molecule has 0 saturated carbocycles. The van der Waals surface area contributed by atoms with Crippen LogP contribution in [0.1, 0.15) is 30.9 Å². The number of aromatic nitrogens is 3. The number of hydrogen-bond acceptors (Lipinski definition) is 4. The van der Waals surface area contributed by atoms with Crippen LogP contribution in [0.4, 0.5) is 0 Å². The molecule has 3 aliphatic rings. The molecule has 1 unspecified atom stereocenters. The summed E-state index contributed by atoms with van der Waals surface area (Å²) in [6.07, 6.45) is 4.61. The van der Waals surface area contributed by atoms with Crippen molar-refractivity contribution in [3.05, 3.63) is 11.6 Å². The van der Waals surface area contributed by atoms with Crippen molar-refractivity contribution in [1.82, 2.24) is 25.0 Å². The van der Waals surface area contributed by atoms with Crippen LogP contribution in [0.15, 0.2) is 4.99 Å². The molecule has 1 aromatic rings. The molecule has 0 aromatic carbocycles. The van der Waals surface area contributed by atoms with Crippen LogP contribution in [0.3, 0.4) is 0 Å². The molecule has 128 valence electrons. The molecule has 0 aliphatic carbocycles. The fourth-order valence-corrected chi connectivity index (χ4v) is 3.92. The predicted molar refractivity (Wildman–Crippen MR) is 98.0 cm³/mol. The van der Waals surface area contributed by atoms with Crippen molar-refractivity contribution in [2.24, 2.45) is 10.4 Å². The summed E-state index contributed by atoms with van der Waals surface area (Å²) in [7, 11) is 1.85. The lowest BCUT2D eigenvalue weighted by atomic mass is 9.87. The molecular weight excluding hydrogens is 407 g/mol. The van der Waals surface area contributed by atoms with E-state index in [9.17, 15) is 0 Å². The molecule has 1 atom stereocenters. The van der Waals surface area contributed by atoms with Crippen LogP contribution in [-0.2, 0) is 24.2 Å². The van der Waals surface area contributed by atoms with E-state index in [-0.39, 0.29) is 24.0 Å². The Morgan fingerprint density at radius 3 is 3.04 bits per heavy atom. The van der Waals surface area contributed by atoms with E-state index >= 15 is 0 Å². The van der Waals surface area contributed by atoms with Crippen LogP contribution in [0, 0.1) is 5.41 Å². The van der Waals surface area contributed by atoms with Crippen molar-refractivity contribution in [3.8, 4) is 0 Å². The quantitative estimate of drug-likeness (QED) is 0.430. The van der Waals surface area contributed by atoms with Gasteiger partial charge in [0.05, 0.1) is 13.2 Å². The van der Waals surface area contributed by atoms with Gasteiger partial charge >= 0.3 is 0 Å². The van der Waals surface area contributed by atoms with E-state index in [0.717, 1.165) is 56.9 Å². The number of rotatable bonds is 2. The normalized spacial score (nSPS) is 26.7. The third kappa shape index (κ3) is 3.19. The van der Waals surface area contributed by atoms with Gasteiger partial charge < -0.3 is 19.5 Å². The number of ether oxygens (including phenoxy) is 1. The lowest BCUT2D eigenvalue weighted by molar-refractivity contribution is 0.156. The highest BCUT2D eigenvalue weighted by Gasteiger charge is 2.42. The van der Waals surface area contributed by atoms with Crippen molar-refractivity contribution in [2.45, 2.75) is 38.8 Å². The minimum Gasteiger partial charge on any atom is -0.381 e. The van der Waals surface area contributed by atoms with E-state index in [4.69, 9.17) is 4.74 Å². The van der Waals surface area contributed by atoms with Gasteiger partial charge in [-0.05, 0) is 19.3 Å². The summed E-state index contributed by atoms with van der Waals surface area (Å²) >= 11 is 0. The molecule has 8 heteroatoms.